The molecule has 2 aliphatic rings. The normalized spacial score (nSPS) is 26.1. The van der Waals surface area contributed by atoms with Gasteiger partial charge in [-0.1, -0.05) is 12.1 Å². The van der Waals surface area contributed by atoms with Gasteiger partial charge in [-0.05, 0) is 67.9 Å². The van der Waals surface area contributed by atoms with Crippen LogP contribution in [0.15, 0.2) is 48.9 Å². The van der Waals surface area contributed by atoms with Crippen LogP contribution in [0.25, 0.3) is 11.0 Å². The van der Waals surface area contributed by atoms with Gasteiger partial charge in [-0.2, -0.15) is 0 Å². The molecule has 182 valence electrons. The van der Waals surface area contributed by atoms with Crippen molar-refractivity contribution in [1.29, 1.82) is 0 Å². The van der Waals surface area contributed by atoms with Crippen molar-refractivity contribution >= 4 is 26.9 Å². The molecule has 2 N–H and O–H groups in total. The lowest BCUT2D eigenvalue weighted by Gasteiger charge is -2.40. The first-order valence-electron chi connectivity index (χ1n) is 12.1. The zero-order chi connectivity index (χ0) is 23.5. The fourth-order valence-corrected chi connectivity index (χ4v) is 6.27. The quantitative estimate of drug-likeness (QED) is 0.534. The molecule has 0 bridgehead atoms. The first-order chi connectivity index (χ1) is 16.4. The maximum Gasteiger partial charge on any atom is 0.208 e. The molecular formula is C25H33N5O3S. The summed E-state index contributed by atoms with van der Waals surface area (Å²) in [5.41, 5.74) is 3.45. The second kappa shape index (κ2) is 10.0. The number of H-pyrrole nitrogens is 1. The van der Waals surface area contributed by atoms with Crippen molar-refractivity contribution in [3.05, 3.63) is 54.5 Å². The highest BCUT2D eigenvalue weighted by Crippen LogP contribution is 2.35. The second-order valence-electron chi connectivity index (χ2n) is 9.67. The first-order valence-corrected chi connectivity index (χ1v) is 14.0. The van der Waals surface area contributed by atoms with Crippen LogP contribution in [-0.4, -0.2) is 61.5 Å². The number of ether oxygens (including phenoxy) is 1. The lowest BCUT2D eigenvalue weighted by molar-refractivity contribution is -0.00213. The number of hydrogen-bond donors (Lipinski definition) is 2. The number of imidazole rings is 1. The van der Waals surface area contributed by atoms with E-state index in [0.29, 0.717) is 12.5 Å². The lowest BCUT2D eigenvalue weighted by atomic mass is 9.82. The summed E-state index contributed by atoms with van der Waals surface area (Å²) >= 11 is 0. The molecule has 1 saturated heterocycles. The Labute approximate surface area is 201 Å². The van der Waals surface area contributed by atoms with Crippen molar-refractivity contribution in [3.8, 4) is 0 Å². The van der Waals surface area contributed by atoms with Crippen molar-refractivity contribution < 1.29 is 13.2 Å². The van der Waals surface area contributed by atoms with Crippen molar-refractivity contribution in [3.63, 3.8) is 0 Å². The second-order valence-corrected chi connectivity index (χ2v) is 11.4. The number of nitrogens with one attached hydrogen (secondary N) is 2. The third-order valence-corrected chi connectivity index (χ3v) is 7.94. The summed E-state index contributed by atoms with van der Waals surface area (Å²) in [6.07, 6.45) is 9.95. The van der Waals surface area contributed by atoms with Gasteiger partial charge in [0.15, 0.2) is 0 Å². The Balaban J connectivity index is 1.18. The summed E-state index contributed by atoms with van der Waals surface area (Å²) in [4.78, 5) is 14.3. The zero-order valence-electron chi connectivity index (χ0n) is 19.6. The molecule has 1 aliphatic heterocycles. The summed E-state index contributed by atoms with van der Waals surface area (Å²) in [7, 11) is -3.28. The van der Waals surface area contributed by atoms with Crippen LogP contribution < -0.4 is 9.62 Å². The van der Waals surface area contributed by atoms with E-state index >= 15 is 0 Å². The Morgan fingerprint density at radius 2 is 1.97 bits per heavy atom. The molecule has 1 saturated carbocycles. The first kappa shape index (κ1) is 23.3. The Morgan fingerprint density at radius 3 is 2.74 bits per heavy atom. The molecule has 1 aromatic carbocycles. The number of rotatable bonds is 7. The van der Waals surface area contributed by atoms with Gasteiger partial charge in [-0.25, -0.2) is 23.1 Å². The van der Waals surface area contributed by atoms with Crippen LogP contribution in [0.5, 0.6) is 0 Å². The van der Waals surface area contributed by atoms with Crippen LogP contribution in [0.1, 0.15) is 43.6 Å². The Bertz CT molecular complexity index is 1190. The average Bonchev–Trinajstić information content (AvgIpc) is 3.31. The van der Waals surface area contributed by atoms with Gasteiger partial charge in [-0.3, -0.25) is 0 Å². The molecule has 34 heavy (non-hydrogen) atoms. The van der Waals surface area contributed by atoms with Crippen LogP contribution in [0.4, 0.5) is 5.82 Å². The van der Waals surface area contributed by atoms with Crippen LogP contribution in [0.3, 0.4) is 0 Å². The minimum atomic E-state index is -3.28. The van der Waals surface area contributed by atoms with E-state index in [1.165, 1.54) is 11.8 Å². The maximum absolute atomic E-state index is 12.0. The van der Waals surface area contributed by atoms with Crippen molar-refractivity contribution in [2.75, 3.05) is 30.9 Å². The molecule has 8 nitrogen and oxygen atoms in total. The average molecular weight is 484 g/mol. The van der Waals surface area contributed by atoms with Crippen LogP contribution in [0, 0.1) is 5.92 Å². The number of anilines is 1. The molecule has 1 aliphatic carbocycles. The number of sulfonamides is 1. The summed E-state index contributed by atoms with van der Waals surface area (Å²) in [5.74, 6) is 1.54. The van der Waals surface area contributed by atoms with Gasteiger partial charge in [-0.15, -0.1) is 0 Å². The predicted molar refractivity (Wildman–Crippen MR) is 133 cm³/mol. The number of fused-ring (bicyclic) bond motifs is 1. The molecule has 0 amide bonds. The third kappa shape index (κ3) is 5.59. The van der Waals surface area contributed by atoms with E-state index in [0.717, 1.165) is 62.0 Å². The van der Waals surface area contributed by atoms with Gasteiger partial charge in [0.05, 0.1) is 36.3 Å². The van der Waals surface area contributed by atoms with Crippen LogP contribution in [-0.2, 0) is 14.8 Å². The van der Waals surface area contributed by atoms with Gasteiger partial charge in [0.1, 0.15) is 5.82 Å². The predicted octanol–water partition coefficient (Wildman–Crippen LogP) is 3.45. The minimum Gasteiger partial charge on any atom is -0.378 e. The molecular weight excluding hydrogens is 450 g/mol. The van der Waals surface area contributed by atoms with Gasteiger partial charge < -0.3 is 14.6 Å². The molecule has 9 heteroatoms. The summed E-state index contributed by atoms with van der Waals surface area (Å²) in [5, 5.41) is 0. The van der Waals surface area contributed by atoms with E-state index in [1.54, 1.807) is 12.5 Å². The highest BCUT2D eigenvalue weighted by Gasteiger charge is 2.33. The van der Waals surface area contributed by atoms with Crippen molar-refractivity contribution in [2.24, 2.45) is 5.92 Å². The topological polar surface area (TPSA) is 100 Å². The van der Waals surface area contributed by atoms with Crippen LogP contribution in [0.2, 0.25) is 0 Å². The fraction of sp³-hybridized carbons (Fsp3) is 0.520. The van der Waals surface area contributed by atoms with E-state index in [1.807, 2.05) is 18.2 Å². The van der Waals surface area contributed by atoms with E-state index in [9.17, 15) is 8.42 Å². The molecule has 3 heterocycles. The monoisotopic (exact) mass is 483 g/mol. The number of nitrogens with zero attached hydrogens (tertiary/aromatic N) is 3. The Hall–Kier alpha value is -2.49. The molecule has 0 unspecified atom stereocenters. The minimum absolute atomic E-state index is 0.0743. The van der Waals surface area contributed by atoms with Gasteiger partial charge in [0.2, 0.25) is 10.0 Å². The largest absolute Gasteiger partial charge is 0.378 e. The smallest absolute Gasteiger partial charge is 0.208 e. The van der Waals surface area contributed by atoms with Gasteiger partial charge >= 0.3 is 0 Å². The molecule has 0 spiro atoms. The van der Waals surface area contributed by atoms with E-state index in [-0.39, 0.29) is 18.1 Å². The van der Waals surface area contributed by atoms with Crippen LogP contribution >= 0.6 is 0 Å². The molecule has 3 aromatic rings. The molecule has 0 radical (unpaired) electrons. The number of hydrogen-bond acceptors (Lipinski definition) is 6. The Morgan fingerprint density at radius 1 is 1.12 bits per heavy atom. The summed E-state index contributed by atoms with van der Waals surface area (Å²) < 4.78 is 33.1. The zero-order valence-corrected chi connectivity index (χ0v) is 20.4. The summed E-state index contributed by atoms with van der Waals surface area (Å²) in [6.45, 7) is 2.04. The lowest BCUT2D eigenvalue weighted by Crippen LogP contribution is -2.52. The molecule has 2 fully saturated rings. The number of pyridine rings is 1. The number of aromatic nitrogens is 3. The number of piperidine rings is 1. The Kier molecular flexibility index (Phi) is 6.85. The SMILES string of the molecule is CS(=O)(=O)N[C@H]1CCN(c2ccccn2)C[C@H]1COC1CCC(c2ccc3[nH]cnc3c2)CC1. The summed E-state index contributed by atoms with van der Waals surface area (Å²) in [6, 6.07) is 12.3. The number of aromatic amines is 1. The fourth-order valence-electron chi connectivity index (χ4n) is 5.41. The van der Waals surface area contributed by atoms with Crippen molar-refractivity contribution in [1.82, 2.24) is 19.7 Å². The molecule has 5 rings (SSSR count). The highest BCUT2D eigenvalue weighted by molar-refractivity contribution is 7.88. The van der Waals surface area contributed by atoms with E-state index < -0.39 is 10.0 Å². The standard InChI is InChI=1S/C25H33N5O3S/c1-34(31,32)29-22-11-13-30(25-4-2-3-12-26-25)15-20(22)16-33-21-8-5-18(6-9-21)19-7-10-23-24(14-19)28-17-27-23/h2-4,7,10,12,14,17-18,20-22,29H,5-6,8-9,11,13,15-16H2,1H3,(H,27,28)/t18?,20-,21?,22-/m0/s1. The van der Waals surface area contributed by atoms with E-state index in [2.05, 4.69) is 42.8 Å². The third-order valence-electron chi connectivity index (χ3n) is 7.21. The maximum atomic E-state index is 12.0. The van der Waals surface area contributed by atoms with Gasteiger partial charge in [0.25, 0.3) is 0 Å². The van der Waals surface area contributed by atoms with Gasteiger partial charge in [0, 0.05) is 31.2 Å². The highest BCUT2D eigenvalue weighted by atomic mass is 32.2. The van der Waals surface area contributed by atoms with E-state index in [4.69, 9.17) is 4.74 Å². The molecule has 2 atom stereocenters. The molecule has 2 aromatic heterocycles. The van der Waals surface area contributed by atoms with Crippen molar-refractivity contribution in [2.45, 2.75) is 50.2 Å². The number of benzene rings is 1.